The van der Waals surface area contributed by atoms with Crippen LogP contribution in [0.25, 0.3) is 0 Å². The number of hydrogen-bond acceptors (Lipinski definition) is 3. The van der Waals surface area contributed by atoms with Crippen molar-refractivity contribution in [3.05, 3.63) is 65.5 Å². The first-order valence-electron chi connectivity index (χ1n) is 9.58. The Morgan fingerprint density at radius 2 is 1.93 bits per heavy atom. The van der Waals surface area contributed by atoms with E-state index < -0.39 is 0 Å². The van der Waals surface area contributed by atoms with Crippen LogP contribution in [0, 0.1) is 5.92 Å². The van der Waals surface area contributed by atoms with Crippen molar-refractivity contribution in [1.29, 1.82) is 0 Å². The largest absolute Gasteiger partial charge is 0.341 e. The fourth-order valence-corrected chi connectivity index (χ4v) is 3.51. The van der Waals surface area contributed by atoms with Gasteiger partial charge in [-0.1, -0.05) is 13.0 Å². The molecule has 1 aromatic carbocycles. The molecule has 0 spiro atoms. The summed E-state index contributed by atoms with van der Waals surface area (Å²) in [7, 11) is 1.80. The number of carbonyl (C=O) groups is 2. The second-order valence-electron chi connectivity index (χ2n) is 7.41. The lowest BCUT2D eigenvalue weighted by atomic mass is 9.99. The van der Waals surface area contributed by atoms with Crippen LogP contribution in [0.15, 0.2) is 48.8 Å². The van der Waals surface area contributed by atoms with E-state index in [0.29, 0.717) is 23.6 Å². The fourth-order valence-electron chi connectivity index (χ4n) is 3.51. The number of likely N-dealkylation sites (tertiary alicyclic amines) is 1. The SMILES string of the molecule is CC1CCCN(C(=O)c2cccc(C(=O)N(C)CCc3ccncc3)c2)C1. The highest BCUT2D eigenvalue weighted by atomic mass is 16.2. The number of hydrogen-bond donors (Lipinski definition) is 0. The predicted molar refractivity (Wildman–Crippen MR) is 106 cm³/mol. The van der Waals surface area contributed by atoms with Crippen LogP contribution in [0.4, 0.5) is 0 Å². The van der Waals surface area contributed by atoms with Gasteiger partial charge in [0.2, 0.25) is 0 Å². The van der Waals surface area contributed by atoms with E-state index in [2.05, 4.69) is 11.9 Å². The molecule has 3 rings (SSSR count). The molecular weight excluding hydrogens is 338 g/mol. The van der Waals surface area contributed by atoms with Crippen LogP contribution < -0.4 is 0 Å². The average molecular weight is 365 g/mol. The maximum absolute atomic E-state index is 12.8. The molecule has 0 bridgehead atoms. The molecule has 1 saturated heterocycles. The molecule has 2 heterocycles. The maximum Gasteiger partial charge on any atom is 0.253 e. The second kappa shape index (κ2) is 8.80. The molecular formula is C22H27N3O2. The van der Waals surface area contributed by atoms with Gasteiger partial charge >= 0.3 is 0 Å². The van der Waals surface area contributed by atoms with Gasteiger partial charge in [0.25, 0.3) is 11.8 Å². The lowest BCUT2D eigenvalue weighted by Crippen LogP contribution is -2.39. The minimum atomic E-state index is -0.0641. The zero-order chi connectivity index (χ0) is 19.2. The van der Waals surface area contributed by atoms with Gasteiger partial charge in [-0.2, -0.15) is 0 Å². The summed E-state index contributed by atoms with van der Waals surface area (Å²) in [5, 5.41) is 0. The van der Waals surface area contributed by atoms with Crippen molar-refractivity contribution in [1.82, 2.24) is 14.8 Å². The zero-order valence-electron chi connectivity index (χ0n) is 16.1. The zero-order valence-corrected chi connectivity index (χ0v) is 16.1. The Labute approximate surface area is 161 Å². The number of aromatic nitrogens is 1. The molecule has 1 aliphatic rings. The molecule has 1 unspecified atom stereocenters. The van der Waals surface area contributed by atoms with Crippen LogP contribution in [0.2, 0.25) is 0 Å². The third kappa shape index (κ3) is 4.94. The number of pyridine rings is 1. The summed E-state index contributed by atoms with van der Waals surface area (Å²) in [6.07, 6.45) is 6.50. The Morgan fingerprint density at radius 1 is 1.19 bits per heavy atom. The minimum absolute atomic E-state index is 0.0237. The first-order valence-corrected chi connectivity index (χ1v) is 9.58. The third-order valence-corrected chi connectivity index (χ3v) is 5.13. The summed E-state index contributed by atoms with van der Waals surface area (Å²) < 4.78 is 0. The van der Waals surface area contributed by atoms with Crippen molar-refractivity contribution in [2.24, 2.45) is 5.92 Å². The van der Waals surface area contributed by atoms with Gasteiger partial charge in [-0.15, -0.1) is 0 Å². The number of benzene rings is 1. The second-order valence-corrected chi connectivity index (χ2v) is 7.41. The Bertz CT molecular complexity index is 791. The number of piperidine rings is 1. The monoisotopic (exact) mass is 365 g/mol. The van der Waals surface area contributed by atoms with Crippen molar-refractivity contribution >= 4 is 11.8 Å². The molecule has 2 aromatic rings. The molecule has 5 heteroatoms. The lowest BCUT2D eigenvalue weighted by molar-refractivity contribution is 0.0683. The highest BCUT2D eigenvalue weighted by Gasteiger charge is 2.23. The standard InChI is InChI=1S/C22H27N3O2/c1-17-5-4-13-25(16-17)22(27)20-7-3-6-19(15-20)21(26)24(2)14-10-18-8-11-23-12-9-18/h3,6-9,11-12,15,17H,4-5,10,13-14,16H2,1-2H3. The lowest BCUT2D eigenvalue weighted by Gasteiger charge is -2.31. The van der Waals surface area contributed by atoms with E-state index in [9.17, 15) is 9.59 Å². The van der Waals surface area contributed by atoms with Gasteiger partial charge in [-0.3, -0.25) is 14.6 Å². The molecule has 0 saturated carbocycles. The maximum atomic E-state index is 12.8. The summed E-state index contributed by atoms with van der Waals surface area (Å²) in [5.41, 5.74) is 2.30. The van der Waals surface area contributed by atoms with Crippen molar-refractivity contribution in [3.8, 4) is 0 Å². The van der Waals surface area contributed by atoms with Gasteiger partial charge in [0.1, 0.15) is 0 Å². The van der Waals surface area contributed by atoms with Gasteiger partial charge < -0.3 is 9.80 Å². The number of amides is 2. The Kier molecular flexibility index (Phi) is 6.22. The topological polar surface area (TPSA) is 53.5 Å². The molecule has 142 valence electrons. The Hall–Kier alpha value is -2.69. The van der Waals surface area contributed by atoms with E-state index in [1.165, 1.54) is 6.42 Å². The van der Waals surface area contributed by atoms with E-state index in [1.54, 1.807) is 48.6 Å². The van der Waals surface area contributed by atoms with Crippen LogP contribution in [0.3, 0.4) is 0 Å². The van der Waals surface area contributed by atoms with Gasteiger partial charge in [-0.25, -0.2) is 0 Å². The summed E-state index contributed by atoms with van der Waals surface area (Å²) in [5.74, 6) is 0.494. The Morgan fingerprint density at radius 3 is 2.67 bits per heavy atom. The summed E-state index contributed by atoms with van der Waals surface area (Å²) in [4.78, 5) is 33.2. The fraction of sp³-hybridized carbons (Fsp3) is 0.409. The number of nitrogens with zero attached hydrogens (tertiary/aromatic N) is 3. The summed E-state index contributed by atoms with van der Waals surface area (Å²) >= 11 is 0. The molecule has 1 fully saturated rings. The molecule has 0 aliphatic carbocycles. The smallest absolute Gasteiger partial charge is 0.253 e. The highest BCUT2D eigenvalue weighted by Crippen LogP contribution is 2.19. The first kappa shape index (κ1) is 19.1. The van der Waals surface area contributed by atoms with E-state index in [1.807, 2.05) is 17.0 Å². The van der Waals surface area contributed by atoms with Crippen molar-refractivity contribution in [3.63, 3.8) is 0 Å². The molecule has 1 aromatic heterocycles. The van der Waals surface area contributed by atoms with Gasteiger partial charge in [0, 0.05) is 50.2 Å². The molecule has 1 atom stereocenters. The normalized spacial score (nSPS) is 16.8. The third-order valence-electron chi connectivity index (χ3n) is 5.13. The predicted octanol–water partition coefficient (Wildman–Crippen LogP) is 3.27. The van der Waals surface area contributed by atoms with E-state index >= 15 is 0 Å². The molecule has 27 heavy (non-hydrogen) atoms. The molecule has 2 amide bonds. The van der Waals surface area contributed by atoms with Crippen LogP contribution in [0.1, 0.15) is 46.0 Å². The van der Waals surface area contributed by atoms with E-state index in [-0.39, 0.29) is 11.8 Å². The first-order chi connectivity index (χ1) is 13.0. The summed E-state index contributed by atoms with van der Waals surface area (Å²) in [6.45, 7) is 4.39. The van der Waals surface area contributed by atoms with Crippen LogP contribution in [-0.4, -0.2) is 53.3 Å². The average Bonchev–Trinajstić information content (AvgIpc) is 2.71. The van der Waals surface area contributed by atoms with Gasteiger partial charge in [-0.05, 0) is 61.1 Å². The van der Waals surface area contributed by atoms with Crippen molar-refractivity contribution in [2.45, 2.75) is 26.2 Å². The van der Waals surface area contributed by atoms with Gasteiger partial charge in [0.15, 0.2) is 0 Å². The minimum Gasteiger partial charge on any atom is -0.341 e. The van der Waals surface area contributed by atoms with Crippen molar-refractivity contribution < 1.29 is 9.59 Å². The molecule has 1 aliphatic heterocycles. The highest BCUT2D eigenvalue weighted by molar-refractivity contribution is 5.99. The number of likely N-dealkylation sites (N-methyl/N-ethyl adjacent to an activating group) is 1. The molecule has 0 radical (unpaired) electrons. The van der Waals surface area contributed by atoms with Crippen LogP contribution in [-0.2, 0) is 6.42 Å². The van der Waals surface area contributed by atoms with Crippen LogP contribution in [0.5, 0.6) is 0 Å². The number of carbonyl (C=O) groups excluding carboxylic acids is 2. The molecule has 0 N–H and O–H groups in total. The van der Waals surface area contributed by atoms with Gasteiger partial charge in [0.05, 0.1) is 0 Å². The summed E-state index contributed by atoms with van der Waals surface area (Å²) in [6, 6.07) is 11.0. The van der Waals surface area contributed by atoms with E-state index in [0.717, 1.165) is 31.5 Å². The molecule has 5 nitrogen and oxygen atoms in total. The Balaban J connectivity index is 1.65. The van der Waals surface area contributed by atoms with Crippen molar-refractivity contribution in [2.75, 3.05) is 26.7 Å². The van der Waals surface area contributed by atoms with Crippen LogP contribution >= 0.6 is 0 Å². The quantitative estimate of drug-likeness (QED) is 0.817. The van der Waals surface area contributed by atoms with E-state index in [4.69, 9.17) is 0 Å². The number of rotatable bonds is 5.